The monoisotopic (exact) mass is 417 g/mol. The van der Waals surface area contributed by atoms with E-state index in [4.69, 9.17) is 4.74 Å². The molecule has 26 heavy (non-hydrogen) atoms. The van der Waals surface area contributed by atoms with E-state index in [1.54, 1.807) is 12.1 Å². The average molecular weight is 418 g/mol. The molecule has 0 fully saturated rings. The molecule has 0 bridgehead atoms. The first-order chi connectivity index (χ1) is 12.5. The van der Waals surface area contributed by atoms with E-state index in [2.05, 4.69) is 31.8 Å². The first-order valence-electron chi connectivity index (χ1n) is 8.08. The minimum Gasteiger partial charge on any atom is -0.493 e. The summed E-state index contributed by atoms with van der Waals surface area (Å²) in [4.78, 5) is 23.6. The number of amides is 2. The Kier molecular flexibility index (Phi) is 7.35. The quantitative estimate of drug-likeness (QED) is 0.410. The van der Waals surface area contributed by atoms with Crippen LogP contribution in [0.2, 0.25) is 0 Å². The van der Waals surface area contributed by atoms with Gasteiger partial charge < -0.3 is 10.1 Å². The molecule has 6 nitrogen and oxygen atoms in total. The van der Waals surface area contributed by atoms with Crippen molar-refractivity contribution in [3.05, 3.63) is 58.1 Å². The van der Waals surface area contributed by atoms with E-state index in [1.807, 2.05) is 44.2 Å². The van der Waals surface area contributed by atoms with Gasteiger partial charge in [-0.1, -0.05) is 17.7 Å². The van der Waals surface area contributed by atoms with Crippen LogP contribution in [-0.2, 0) is 9.59 Å². The number of hydrogen-bond donors (Lipinski definition) is 2. The fraction of sp³-hybridized carbons (Fsp3) is 0.211. The lowest BCUT2D eigenvalue weighted by molar-refractivity contribution is -0.126. The summed E-state index contributed by atoms with van der Waals surface area (Å²) in [6, 6.07) is 12.8. The van der Waals surface area contributed by atoms with Crippen molar-refractivity contribution in [1.82, 2.24) is 5.43 Å². The maximum absolute atomic E-state index is 11.8. The van der Waals surface area contributed by atoms with Crippen molar-refractivity contribution >= 4 is 39.6 Å². The predicted molar refractivity (Wildman–Crippen MR) is 105 cm³/mol. The summed E-state index contributed by atoms with van der Waals surface area (Å²) in [7, 11) is 0. The minimum atomic E-state index is -0.490. The Balaban J connectivity index is 1.82. The summed E-state index contributed by atoms with van der Waals surface area (Å²) in [6.45, 7) is 4.44. The van der Waals surface area contributed by atoms with Crippen molar-refractivity contribution in [2.24, 2.45) is 5.10 Å². The third kappa shape index (κ3) is 6.33. The van der Waals surface area contributed by atoms with Crippen molar-refractivity contribution in [3.8, 4) is 5.75 Å². The summed E-state index contributed by atoms with van der Waals surface area (Å²) in [5, 5.41) is 6.53. The summed E-state index contributed by atoms with van der Waals surface area (Å²) in [5.74, 6) is -0.150. The van der Waals surface area contributed by atoms with E-state index in [0.29, 0.717) is 12.3 Å². The van der Waals surface area contributed by atoms with Gasteiger partial charge in [-0.05, 0) is 65.7 Å². The lowest BCUT2D eigenvalue weighted by atomic mass is 10.2. The molecule has 0 saturated carbocycles. The SMILES string of the molecule is CCOc1ccc(C=NNC(=O)CC(=O)Nc2ccc(C)cc2)cc1Br. The highest BCUT2D eigenvalue weighted by Crippen LogP contribution is 2.25. The maximum atomic E-state index is 11.8. The number of aryl methyl sites for hydroxylation is 1. The average Bonchev–Trinajstić information content (AvgIpc) is 2.59. The molecule has 0 radical (unpaired) electrons. The van der Waals surface area contributed by atoms with Crippen LogP contribution in [0.5, 0.6) is 5.75 Å². The zero-order valence-electron chi connectivity index (χ0n) is 14.6. The van der Waals surface area contributed by atoms with Gasteiger partial charge in [0.2, 0.25) is 11.8 Å². The van der Waals surface area contributed by atoms with Crippen LogP contribution >= 0.6 is 15.9 Å². The van der Waals surface area contributed by atoms with E-state index >= 15 is 0 Å². The second kappa shape index (κ2) is 9.72. The Morgan fingerprint density at radius 1 is 1.15 bits per heavy atom. The van der Waals surface area contributed by atoms with Crippen LogP contribution < -0.4 is 15.5 Å². The van der Waals surface area contributed by atoms with Gasteiger partial charge in [0.25, 0.3) is 0 Å². The topological polar surface area (TPSA) is 79.8 Å². The molecular weight excluding hydrogens is 398 g/mol. The second-order valence-electron chi connectivity index (χ2n) is 5.51. The van der Waals surface area contributed by atoms with Crippen LogP contribution in [0.3, 0.4) is 0 Å². The highest BCUT2D eigenvalue weighted by Gasteiger charge is 2.09. The fourth-order valence-electron chi connectivity index (χ4n) is 2.08. The standard InChI is InChI=1S/C19H20BrN3O3/c1-3-26-17-9-6-14(10-16(17)20)12-21-23-19(25)11-18(24)22-15-7-4-13(2)5-8-15/h4-10,12H,3,11H2,1-2H3,(H,22,24)(H,23,25). The predicted octanol–water partition coefficient (Wildman–Crippen LogP) is 3.64. The normalized spacial score (nSPS) is 10.6. The number of ether oxygens (including phenoxy) is 1. The number of carbonyl (C=O) groups is 2. The number of anilines is 1. The molecule has 0 unspecified atom stereocenters. The number of hydrazone groups is 1. The van der Waals surface area contributed by atoms with E-state index in [1.165, 1.54) is 6.21 Å². The molecule has 0 aliphatic heterocycles. The van der Waals surface area contributed by atoms with Crippen molar-refractivity contribution in [2.75, 3.05) is 11.9 Å². The van der Waals surface area contributed by atoms with Gasteiger partial charge in [-0.15, -0.1) is 0 Å². The lowest BCUT2D eigenvalue weighted by Crippen LogP contribution is -2.24. The Hall–Kier alpha value is -2.67. The van der Waals surface area contributed by atoms with Crippen LogP contribution in [0.4, 0.5) is 5.69 Å². The molecule has 136 valence electrons. The number of halogens is 1. The first-order valence-corrected chi connectivity index (χ1v) is 8.88. The molecule has 0 aliphatic rings. The van der Waals surface area contributed by atoms with Gasteiger partial charge in [-0.3, -0.25) is 9.59 Å². The number of rotatable bonds is 7. The van der Waals surface area contributed by atoms with Gasteiger partial charge in [0.05, 0.1) is 17.3 Å². The third-order valence-corrected chi connectivity index (χ3v) is 3.93. The van der Waals surface area contributed by atoms with Crippen molar-refractivity contribution in [3.63, 3.8) is 0 Å². The Morgan fingerprint density at radius 3 is 2.54 bits per heavy atom. The number of benzene rings is 2. The molecule has 0 aliphatic carbocycles. The maximum Gasteiger partial charge on any atom is 0.249 e. The van der Waals surface area contributed by atoms with Gasteiger partial charge in [-0.25, -0.2) is 5.43 Å². The molecule has 2 N–H and O–H groups in total. The molecule has 0 aromatic heterocycles. The Labute approximate surface area is 160 Å². The molecule has 2 rings (SSSR count). The number of hydrogen-bond acceptors (Lipinski definition) is 4. The van der Waals surface area contributed by atoms with Crippen LogP contribution in [0.1, 0.15) is 24.5 Å². The van der Waals surface area contributed by atoms with Crippen LogP contribution in [0.25, 0.3) is 0 Å². The molecule has 0 saturated heterocycles. The molecule has 2 aromatic rings. The van der Waals surface area contributed by atoms with Gasteiger partial charge in [0.1, 0.15) is 12.2 Å². The molecule has 2 aromatic carbocycles. The lowest BCUT2D eigenvalue weighted by Gasteiger charge is -2.06. The van der Waals surface area contributed by atoms with Crippen LogP contribution in [-0.4, -0.2) is 24.6 Å². The molecule has 0 spiro atoms. The fourth-order valence-corrected chi connectivity index (χ4v) is 2.59. The first kappa shape index (κ1) is 19.7. The van der Waals surface area contributed by atoms with E-state index < -0.39 is 11.8 Å². The zero-order chi connectivity index (χ0) is 18.9. The summed E-state index contributed by atoms with van der Waals surface area (Å²) in [6.07, 6.45) is 1.19. The molecule has 0 heterocycles. The smallest absolute Gasteiger partial charge is 0.249 e. The van der Waals surface area contributed by atoms with E-state index in [0.717, 1.165) is 21.3 Å². The number of nitrogens with one attached hydrogen (secondary N) is 2. The van der Waals surface area contributed by atoms with Crippen molar-refractivity contribution in [2.45, 2.75) is 20.3 Å². The van der Waals surface area contributed by atoms with Gasteiger partial charge >= 0.3 is 0 Å². The van der Waals surface area contributed by atoms with Crippen LogP contribution in [0.15, 0.2) is 52.0 Å². The Morgan fingerprint density at radius 2 is 1.88 bits per heavy atom. The Bertz CT molecular complexity index is 804. The van der Waals surface area contributed by atoms with Gasteiger partial charge in [0, 0.05) is 5.69 Å². The highest BCUT2D eigenvalue weighted by atomic mass is 79.9. The zero-order valence-corrected chi connectivity index (χ0v) is 16.2. The van der Waals surface area contributed by atoms with E-state index in [-0.39, 0.29) is 6.42 Å². The summed E-state index contributed by atoms with van der Waals surface area (Å²) < 4.78 is 6.23. The van der Waals surface area contributed by atoms with Crippen molar-refractivity contribution in [1.29, 1.82) is 0 Å². The minimum absolute atomic E-state index is 0.307. The van der Waals surface area contributed by atoms with E-state index in [9.17, 15) is 9.59 Å². The second-order valence-corrected chi connectivity index (χ2v) is 6.36. The number of nitrogens with zero attached hydrogens (tertiary/aromatic N) is 1. The number of carbonyl (C=O) groups excluding carboxylic acids is 2. The third-order valence-electron chi connectivity index (χ3n) is 3.32. The molecule has 0 atom stereocenters. The summed E-state index contributed by atoms with van der Waals surface area (Å²) in [5.41, 5.74) is 4.86. The summed E-state index contributed by atoms with van der Waals surface area (Å²) >= 11 is 3.41. The van der Waals surface area contributed by atoms with Gasteiger partial charge in [-0.2, -0.15) is 5.10 Å². The van der Waals surface area contributed by atoms with Gasteiger partial charge in [0.15, 0.2) is 0 Å². The molecule has 7 heteroatoms. The highest BCUT2D eigenvalue weighted by molar-refractivity contribution is 9.10. The largest absolute Gasteiger partial charge is 0.493 e. The van der Waals surface area contributed by atoms with Crippen LogP contribution in [0, 0.1) is 6.92 Å². The molecule has 2 amide bonds. The van der Waals surface area contributed by atoms with Crippen molar-refractivity contribution < 1.29 is 14.3 Å². The molecular formula is C19H20BrN3O3.